The molecule has 0 aromatic rings. The molecule has 0 bridgehead atoms. The Kier molecular flexibility index (Phi) is 9.54. The lowest BCUT2D eigenvalue weighted by Crippen LogP contribution is -2.45. The molecule has 0 aromatic heterocycles. The van der Waals surface area contributed by atoms with Crippen molar-refractivity contribution in [3.05, 3.63) is 0 Å². The maximum absolute atomic E-state index is 9.74. The monoisotopic (exact) mass is 292 g/mol. The third kappa shape index (κ3) is 8.84. The summed E-state index contributed by atoms with van der Waals surface area (Å²) in [7, 11) is 0. The Hall–Kier alpha value is -0.240. The molecule has 20 heavy (non-hydrogen) atoms. The van der Waals surface area contributed by atoms with Crippen LogP contribution in [0, 0.1) is 5.41 Å². The minimum Gasteiger partial charge on any atom is -0.395 e. The molecule has 0 fully saturated rings. The second-order valence-electron chi connectivity index (χ2n) is 6.15. The normalized spacial score (nSPS) is 21.0. The third-order valence-electron chi connectivity index (χ3n) is 3.36. The van der Waals surface area contributed by atoms with Crippen molar-refractivity contribution in [2.24, 2.45) is 11.1 Å². The molecule has 7 N–H and O–H groups in total. The quantitative estimate of drug-likeness (QED) is 0.287. The molecule has 0 aliphatic heterocycles. The smallest absolute Gasteiger partial charge is 0.0556 e. The lowest BCUT2D eigenvalue weighted by Gasteiger charge is -2.39. The van der Waals surface area contributed by atoms with Gasteiger partial charge >= 0.3 is 0 Å². The van der Waals surface area contributed by atoms with Crippen molar-refractivity contribution >= 4 is 0 Å². The van der Waals surface area contributed by atoms with Gasteiger partial charge in [0.05, 0.1) is 31.1 Å². The van der Waals surface area contributed by atoms with Crippen LogP contribution in [0.15, 0.2) is 0 Å². The summed E-state index contributed by atoms with van der Waals surface area (Å²) in [5.41, 5.74) is 5.57. The predicted molar refractivity (Wildman–Crippen MR) is 79.0 cm³/mol. The summed E-state index contributed by atoms with van der Waals surface area (Å²) in [6.45, 7) is 5.50. The van der Waals surface area contributed by atoms with Crippen molar-refractivity contribution in [1.29, 1.82) is 0 Å². The van der Waals surface area contributed by atoms with Crippen molar-refractivity contribution in [3.8, 4) is 0 Å². The average Bonchev–Trinajstić information content (AvgIpc) is 2.22. The largest absolute Gasteiger partial charge is 0.395 e. The standard InChI is InChI=1S/C14H32N2O4/c1-10(18)6-14(7-11(2)19,8-12(3)20)9-13(15)16-4-5-17/h10-13,16-20H,4-9,15H2,1-3H3. The van der Waals surface area contributed by atoms with E-state index in [1.54, 1.807) is 20.8 Å². The zero-order chi connectivity index (χ0) is 15.8. The van der Waals surface area contributed by atoms with E-state index in [1.807, 2.05) is 0 Å². The van der Waals surface area contributed by atoms with E-state index in [1.165, 1.54) is 0 Å². The van der Waals surface area contributed by atoms with Crippen LogP contribution in [0.2, 0.25) is 0 Å². The van der Waals surface area contributed by atoms with Gasteiger partial charge in [0.15, 0.2) is 0 Å². The van der Waals surface area contributed by atoms with Crippen LogP contribution in [-0.2, 0) is 0 Å². The number of aliphatic hydroxyl groups is 4. The molecule has 0 spiro atoms. The van der Waals surface area contributed by atoms with E-state index in [9.17, 15) is 15.3 Å². The molecule has 0 heterocycles. The zero-order valence-corrected chi connectivity index (χ0v) is 12.9. The first-order valence-corrected chi connectivity index (χ1v) is 7.35. The third-order valence-corrected chi connectivity index (χ3v) is 3.36. The van der Waals surface area contributed by atoms with Crippen molar-refractivity contribution in [1.82, 2.24) is 5.32 Å². The van der Waals surface area contributed by atoms with Gasteiger partial charge in [0.25, 0.3) is 0 Å². The van der Waals surface area contributed by atoms with E-state index >= 15 is 0 Å². The molecule has 0 saturated heterocycles. The minimum absolute atomic E-state index is 0.00388. The van der Waals surface area contributed by atoms with Crippen molar-refractivity contribution in [3.63, 3.8) is 0 Å². The summed E-state index contributed by atoms with van der Waals surface area (Å²) in [4.78, 5) is 0. The van der Waals surface area contributed by atoms with Gasteiger partial charge in [0.2, 0.25) is 0 Å². The van der Waals surface area contributed by atoms with Crippen molar-refractivity contribution < 1.29 is 20.4 Å². The second kappa shape index (κ2) is 9.65. The highest BCUT2D eigenvalue weighted by atomic mass is 16.3. The first-order chi connectivity index (χ1) is 9.20. The predicted octanol–water partition coefficient (Wildman–Crippen LogP) is -0.458. The highest BCUT2D eigenvalue weighted by Crippen LogP contribution is 2.39. The van der Waals surface area contributed by atoms with Crippen molar-refractivity contribution in [2.75, 3.05) is 13.2 Å². The Morgan fingerprint density at radius 3 is 1.60 bits per heavy atom. The van der Waals surface area contributed by atoms with Gasteiger partial charge in [-0.05, 0) is 51.9 Å². The molecule has 4 unspecified atom stereocenters. The average molecular weight is 292 g/mol. The summed E-state index contributed by atoms with van der Waals surface area (Å²) in [6, 6.07) is 0. The lowest BCUT2D eigenvalue weighted by molar-refractivity contribution is 0.0109. The highest BCUT2D eigenvalue weighted by molar-refractivity contribution is 4.87. The number of hydrogen-bond donors (Lipinski definition) is 6. The molecule has 0 saturated carbocycles. The van der Waals surface area contributed by atoms with Crippen LogP contribution in [0.4, 0.5) is 0 Å². The molecule has 6 heteroatoms. The Balaban J connectivity index is 4.93. The molecule has 0 radical (unpaired) electrons. The van der Waals surface area contributed by atoms with Gasteiger partial charge in [0.1, 0.15) is 0 Å². The highest BCUT2D eigenvalue weighted by Gasteiger charge is 2.35. The maximum atomic E-state index is 9.74. The van der Waals surface area contributed by atoms with Gasteiger partial charge in [-0.25, -0.2) is 0 Å². The number of nitrogens with two attached hydrogens (primary N) is 1. The molecule has 0 aliphatic carbocycles. The molecule has 122 valence electrons. The van der Waals surface area contributed by atoms with E-state index in [4.69, 9.17) is 10.8 Å². The van der Waals surface area contributed by atoms with Gasteiger partial charge in [0, 0.05) is 6.54 Å². The molecule has 0 aromatic carbocycles. The van der Waals surface area contributed by atoms with E-state index in [-0.39, 0.29) is 12.8 Å². The fraction of sp³-hybridized carbons (Fsp3) is 1.00. The van der Waals surface area contributed by atoms with Gasteiger partial charge < -0.3 is 26.2 Å². The molecular weight excluding hydrogens is 260 g/mol. The molecule has 6 nitrogen and oxygen atoms in total. The SMILES string of the molecule is CC(O)CC(CC(C)O)(CC(C)O)CC(N)NCCO. The second-order valence-corrected chi connectivity index (χ2v) is 6.15. The first-order valence-electron chi connectivity index (χ1n) is 7.35. The molecule has 0 amide bonds. The molecule has 0 rings (SSSR count). The summed E-state index contributed by atoms with van der Waals surface area (Å²) >= 11 is 0. The zero-order valence-electron chi connectivity index (χ0n) is 12.9. The number of rotatable bonds is 11. The van der Waals surface area contributed by atoms with Crippen molar-refractivity contribution in [2.45, 2.75) is 70.9 Å². The molecule has 4 atom stereocenters. The van der Waals surface area contributed by atoms with Crippen LogP contribution in [0.25, 0.3) is 0 Å². The van der Waals surface area contributed by atoms with Crippen LogP contribution >= 0.6 is 0 Å². The fourth-order valence-electron chi connectivity index (χ4n) is 3.17. The van der Waals surface area contributed by atoms with Crippen LogP contribution < -0.4 is 11.1 Å². The van der Waals surface area contributed by atoms with Gasteiger partial charge in [-0.15, -0.1) is 0 Å². The molecule has 0 aliphatic rings. The number of hydrogen-bond acceptors (Lipinski definition) is 6. The fourth-order valence-corrected chi connectivity index (χ4v) is 3.17. The summed E-state index contributed by atoms with van der Waals surface area (Å²) in [6.07, 6.45) is -0.00869. The van der Waals surface area contributed by atoms with Crippen LogP contribution in [0.5, 0.6) is 0 Å². The van der Waals surface area contributed by atoms with Gasteiger partial charge in [-0.3, -0.25) is 5.32 Å². The van der Waals surface area contributed by atoms with E-state index in [0.29, 0.717) is 32.2 Å². The molecular formula is C14H32N2O4. The summed E-state index contributed by atoms with van der Waals surface area (Å²) < 4.78 is 0. The topological polar surface area (TPSA) is 119 Å². The van der Waals surface area contributed by atoms with Crippen LogP contribution in [0.1, 0.15) is 46.5 Å². The Morgan fingerprint density at radius 1 is 0.900 bits per heavy atom. The summed E-state index contributed by atoms with van der Waals surface area (Å²) in [5, 5.41) is 41.0. The lowest BCUT2D eigenvalue weighted by atomic mass is 9.70. The minimum atomic E-state index is -0.530. The number of aliphatic hydroxyl groups excluding tert-OH is 4. The first kappa shape index (κ1) is 19.8. The maximum Gasteiger partial charge on any atom is 0.0556 e. The van der Waals surface area contributed by atoms with E-state index in [0.717, 1.165) is 0 Å². The van der Waals surface area contributed by atoms with Crippen LogP contribution in [0.3, 0.4) is 0 Å². The Morgan fingerprint density at radius 2 is 1.30 bits per heavy atom. The Labute approximate surface area is 122 Å². The van der Waals surface area contributed by atoms with Gasteiger partial charge in [-0.1, -0.05) is 0 Å². The van der Waals surface area contributed by atoms with Crippen LogP contribution in [-0.4, -0.2) is 58.1 Å². The summed E-state index contributed by atoms with van der Waals surface area (Å²) in [5.74, 6) is 0. The number of nitrogens with one attached hydrogen (secondary N) is 1. The van der Waals surface area contributed by atoms with E-state index in [2.05, 4.69) is 5.32 Å². The Bertz CT molecular complexity index is 221. The van der Waals surface area contributed by atoms with Gasteiger partial charge in [-0.2, -0.15) is 0 Å². The van der Waals surface area contributed by atoms with E-state index < -0.39 is 23.7 Å².